The van der Waals surface area contributed by atoms with Gasteiger partial charge in [-0.05, 0) is 34.7 Å². The smallest absolute Gasteiger partial charge is 0.234 e. The molecule has 0 saturated heterocycles. The number of hydrogen-bond acceptors (Lipinski definition) is 3. The SMILES string of the molecule is Nc1cccc2c1CN(CC(=O)NCCC(c1ccccc1)c1ccccc1)C2. The Bertz CT molecular complexity index is 917. The van der Waals surface area contributed by atoms with E-state index in [1.54, 1.807) is 0 Å². The lowest BCUT2D eigenvalue weighted by atomic mass is 9.88. The van der Waals surface area contributed by atoms with E-state index < -0.39 is 0 Å². The third-order valence-electron chi connectivity index (χ3n) is 5.61. The van der Waals surface area contributed by atoms with E-state index >= 15 is 0 Å². The van der Waals surface area contributed by atoms with Gasteiger partial charge in [-0.25, -0.2) is 0 Å². The lowest BCUT2D eigenvalue weighted by Crippen LogP contribution is -2.35. The van der Waals surface area contributed by atoms with E-state index in [1.807, 2.05) is 24.3 Å². The molecule has 148 valence electrons. The highest BCUT2D eigenvalue weighted by Gasteiger charge is 2.22. The first-order valence-corrected chi connectivity index (χ1v) is 10.2. The molecule has 4 rings (SSSR count). The number of anilines is 1. The van der Waals surface area contributed by atoms with Gasteiger partial charge in [-0.3, -0.25) is 9.69 Å². The maximum atomic E-state index is 12.5. The normalized spacial score (nSPS) is 13.4. The Kier molecular flexibility index (Phi) is 5.92. The van der Waals surface area contributed by atoms with Crippen molar-refractivity contribution in [2.75, 3.05) is 18.8 Å². The molecule has 3 N–H and O–H groups in total. The van der Waals surface area contributed by atoms with E-state index in [2.05, 4.69) is 64.8 Å². The van der Waals surface area contributed by atoms with Crippen molar-refractivity contribution in [3.63, 3.8) is 0 Å². The minimum absolute atomic E-state index is 0.0660. The molecule has 29 heavy (non-hydrogen) atoms. The van der Waals surface area contributed by atoms with Gasteiger partial charge in [-0.2, -0.15) is 0 Å². The van der Waals surface area contributed by atoms with E-state index in [1.165, 1.54) is 16.7 Å². The molecule has 0 unspecified atom stereocenters. The van der Waals surface area contributed by atoms with Gasteiger partial charge in [0.05, 0.1) is 6.54 Å². The second kappa shape index (κ2) is 8.93. The van der Waals surface area contributed by atoms with Gasteiger partial charge in [0.1, 0.15) is 0 Å². The van der Waals surface area contributed by atoms with Crippen LogP contribution in [0.5, 0.6) is 0 Å². The molecule has 1 aliphatic rings. The molecule has 0 saturated carbocycles. The Balaban J connectivity index is 1.32. The predicted octanol–water partition coefficient (Wildman–Crippen LogP) is 3.92. The van der Waals surface area contributed by atoms with Crippen molar-refractivity contribution >= 4 is 11.6 Å². The fourth-order valence-corrected chi connectivity index (χ4v) is 4.14. The van der Waals surface area contributed by atoms with Gasteiger partial charge in [-0.1, -0.05) is 72.8 Å². The third-order valence-corrected chi connectivity index (χ3v) is 5.61. The van der Waals surface area contributed by atoms with Crippen LogP contribution in [0.25, 0.3) is 0 Å². The standard InChI is InChI=1S/C25H27N3O/c26-24-13-7-12-21-16-28(17-23(21)24)18-25(29)27-15-14-22(19-8-3-1-4-9-19)20-10-5-2-6-11-20/h1-13,22H,14-18,26H2,(H,27,29). The number of benzene rings is 3. The fourth-order valence-electron chi connectivity index (χ4n) is 4.14. The summed E-state index contributed by atoms with van der Waals surface area (Å²) < 4.78 is 0. The molecule has 0 atom stereocenters. The Morgan fingerprint density at radius 1 is 0.897 bits per heavy atom. The highest BCUT2D eigenvalue weighted by molar-refractivity contribution is 5.78. The van der Waals surface area contributed by atoms with E-state index in [0.717, 1.165) is 30.8 Å². The molecule has 0 spiro atoms. The number of nitrogens with zero attached hydrogens (tertiary/aromatic N) is 1. The predicted molar refractivity (Wildman–Crippen MR) is 117 cm³/mol. The first-order valence-electron chi connectivity index (χ1n) is 10.2. The molecule has 4 nitrogen and oxygen atoms in total. The van der Waals surface area contributed by atoms with Crippen LogP contribution in [0.4, 0.5) is 5.69 Å². The lowest BCUT2D eigenvalue weighted by Gasteiger charge is -2.19. The van der Waals surface area contributed by atoms with E-state index in [0.29, 0.717) is 13.1 Å². The fraction of sp³-hybridized carbons (Fsp3) is 0.240. The number of nitrogen functional groups attached to an aromatic ring is 1. The van der Waals surface area contributed by atoms with Gasteiger partial charge in [0.25, 0.3) is 0 Å². The number of carbonyl (C=O) groups excluding carboxylic acids is 1. The highest BCUT2D eigenvalue weighted by atomic mass is 16.2. The Morgan fingerprint density at radius 3 is 2.17 bits per heavy atom. The molecule has 0 radical (unpaired) electrons. The Hall–Kier alpha value is -3.11. The van der Waals surface area contributed by atoms with Crippen LogP contribution in [0.2, 0.25) is 0 Å². The summed E-state index contributed by atoms with van der Waals surface area (Å²) in [6.45, 7) is 2.57. The van der Waals surface area contributed by atoms with E-state index in [4.69, 9.17) is 5.73 Å². The molecule has 1 amide bonds. The van der Waals surface area contributed by atoms with Gasteiger partial charge in [0.15, 0.2) is 0 Å². The largest absolute Gasteiger partial charge is 0.398 e. The van der Waals surface area contributed by atoms with Gasteiger partial charge >= 0.3 is 0 Å². The van der Waals surface area contributed by atoms with E-state index in [9.17, 15) is 4.79 Å². The molecule has 3 aromatic carbocycles. The summed E-state index contributed by atoms with van der Waals surface area (Å²) in [7, 11) is 0. The van der Waals surface area contributed by atoms with Crippen molar-refractivity contribution in [3.8, 4) is 0 Å². The molecule has 1 heterocycles. The van der Waals surface area contributed by atoms with Crippen LogP contribution < -0.4 is 11.1 Å². The minimum atomic E-state index is 0.0660. The van der Waals surface area contributed by atoms with E-state index in [-0.39, 0.29) is 11.8 Å². The van der Waals surface area contributed by atoms with Crippen LogP contribution in [0.3, 0.4) is 0 Å². The van der Waals surface area contributed by atoms with Crippen LogP contribution in [0.15, 0.2) is 78.9 Å². The zero-order valence-corrected chi connectivity index (χ0v) is 16.6. The summed E-state index contributed by atoms with van der Waals surface area (Å²) in [6, 6.07) is 27.0. The Labute approximate surface area is 172 Å². The van der Waals surface area contributed by atoms with Gasteiger partial charge < -0.3 is 11.1 Å². The van der Waals surface area contributed by atoms with Crippen LogP contribution in [0, 0.1) is 0 Å². The number of carbonyl (C=O) groups is 1. The van der Waals surface area contributed by atoms with Crippen molar-refractivity contribution in [1.82, 2.24) is 10.2 Å². The number of amides is 1. The van der Waals surface area contributed by atoms with Crippen LogP contribution in [-0.4, -0.2) is 23.9 Å². The minimum Gasteiger partial charge on any atom is -0.398 e. The molecule has 0 aliphatic carbocycles. The Morgan fingerprint density at radius 2 is 1.55 bits per heavy atom. The summed E-state index contributed by atoms with van der Waals surface area (Å²) in [4.78, 5) is 14.6. The third kappa shape index (κ3) is 4.66. The summed E-state index contributed by atoms with van der Waals surface area (Å²) >= 11 is 0. The van der Waals surface area contributed by atoms with Crippen molar-refractivity contribution in [3.05, 3.63) is 101 Å². The summed E-state index contributed by atoms with van der Waals surface area (Å²) in [6.07, 6.45) is 0.868. The number of hydrogen-bond donors (Lipinski definition) is 2. The van der Waals surface area contributed by atoms with Crippen molar-refractivity contribution in [2.24, 2.45) is 0 Å². The van der Waals surface area contributed by atoms with Crippen LogP contribution in [0.1, 0.15) is 34.6 Å². The second-order valence-electron chi connectivity index (χ2n) is 7.64. The molecule has 0 aromatic heterocycles. The quantitative estimate of drug-likeness (QED) is 0.606. The molecule has 0 fully saturated rings. The average Bonchev–Trinajstić information content (AvgIpc) is 3.16. The number of nitrogens with two attached hydrogens (primary N) is 1. The average molecular weight is 386 g/mol. The second-order valence-corrected chi connectivity index (χ2v) is 7.64. The molecular formula is C25H27N3O. The number of nitrogens with one attached hydrogen (secondary N) is 1. The molecule has 3 aromatic rings. The zero-order valence-electron chi connectivity index (χ0n) is 16.6. The molecule has 0 bridgehead atoms. The summed E-state index contributed by atoms with van der Waals surface area (Å²) in [5.74, 6) is 0.338. The summed E-state index contributed by atoms with van der Waals surface area (Å²) in [5.41, 5.74) is 11.8. The van der Waals surface area contributed by atoms with Crippen LogP contribution in [-0.2, 0) is 17.9 Å². The maximum Gasteiger partial charge on any atom is 0.234 e. The molecule has 4 heteroatoms. The highest BCUT2D eigenvalue weighted by Crippen LogP contribution is 2.28. The molecule has 1 aliphatic heterocycles. The summed E-state index contributed by atoms with van der Waals surface area (Å²) in [5, 5.41) is 3.11. The van der Waals surface area contributed by atoms with Gasteiger partial charge in [0.2, 0.25) is 5.91 Å². The van der Waals surface area contributed by atoms with Crippen molar-refractivity contribution < 1.29 is 4.79 Å². The zero-order chi connectivity index (χ0) is 20.1. The van der Waals surface area contributed by atoms with Crippen LogP contribution >= 0.6 is 0 Å². The number of fused-ring (bicyclic) bond motifs is 1. The monoisotopic (exact) mass is 385 g/mol. The number of rotatable bonds is 7. The lowest BCUT2D eigenvalue weighted by molar-refractivity contribution is -0.122. The van der Waals surface area contributed by atoms with Crippen molar-refractivity contribution in [1.29, 1.82) is 0 Å². The van der Waals surface area contributed by atoms with Gasteiger partial charge in [0, 0.05) is 31.2 Å². The van der Waals surface area contributed by atoms with Gasteiger partial charge in [-0.15, -0.1) is 0 Å². The topological polar surface area (TPSA) is 58.4 Å². The molecular weight excluding hydrogens is 358 g/mol. The first-order chi connectivity index (χ1) is 14.2. The first kappa shape index (κ1) is 19.2. The van der Waals surface area contributed by atoms with Crippen molar-refractivity contribution in [2.45, 2.75) is 25.4 Å². The maximum absolute atomic E-state index is 12.5.